The molecule has 0 unspecified atom stereocenters. The van der Waals surface area contributed by atoms with Crippen molar-refractivity contribution in [2.45, 2.75) is 20.0 Å². The van der Waals surface area contributed by atoms with Gasteiger partial charge >= 0.3 is 6.18 Å². The van der Waals surface area contributed by atoms with Crippen molar-refractivity contribution in [1.82, 2.24) is 4.40 Å². The molecule has 2 aromatic heterocycles. The Balaban J connectivity index is 2.62. The zero-order valence-electron chi connectivity index (χ0n) is 10.5. The minimum atomic E-state index is -4.36. The van der Waals surface area contributed by atoms with Gasteiger partial charge in [0.05, 0.1) is 5.52 Å². The molecule has 0 atom stereocenters. The van der Waals surface area contributed by atoms with E-state index in [0.717, 1.165) is 10.9 Å². The molecule has 0 aliphatic carbocycles. The number of rotatable bonds is 0. The third kappa shape index (κ3) is 1.70. The number of halogens is 3. The van der Waals surface area contributed by atoms with Crippen molar-refractivity contribution in [3.05, 3.63) is 53.3 Å². The molecule has 0 amide bonds. The minimum absolute atomic E-state index is 0.602. The molecular weight excluding hydrogens is 251 g/mol. The van der Waals surface area contributed by atoms with Gasteiger partial charge in [-0.05, 0) is 36.9 Å². The van der Waals surface area contributed by atoms with E-state index in [4.69, 9.17) is 0 Å². The first-order valence-corrected chi connectivity index (χ1v) is 5.97. The van der Waals surface area contributed by atoms with E-state index in [0.29, 0.717) is 16.6 Å². The van der Waals surface area contributed by atoms with Gasteiger partial charge in [0.1, 0.15) is 5.69 Å². The molecule has 1 nitrogen and oxygen atoms in total. The van der Waals surface area contributed by atoms with E-state index in [2.05, 4.69) is 0 Å². The number of nitrogens with zero attached hydrogens (tertiary/aromatic N) is 1. The van der Waals surface area contributed by atoms with Gasteiger partial charge in [0.2, 0.25) is 0 Å². The molecule has 2 heterocycles. The van der Waals surface area contributed by atoms with Crippen LogP contribution in [0.15, 0.2) is 36.4 Å². The van der Waals surface area contributed by atoms with Crippen LogP contribution in [0.5, 0.6) is 0 Å². The van der Waals surface area contributed by atoms with Crippen LogP contribution in [0.2, 0.25) is 0 Å². The smallest absolute Gasteiger partial charge is 0.309 e. The third-order valence-corrected chi connectivity index (χ3v) is 3.41. The molecule has 0 saturated heterocycles. The lowest BCUT2D eigenvalue weighted by Crippen LogP contribution is -2.12. The molecule has 4 heteroatoms. The van der Waals surface area contributed by atoms with Crippen LogP contribution in [0.1, 0.15) is 17.0 Å². The Bertz CT molecular complexity index is 781. The third-order valence-electron chi connectivity index (χ3n) is 3.41. The molecule has 0 fully saturated rings. The average molecular weight is 263 g/mol. The van der Waals surface area contributed by atoms with Crippen molar-refractivity contribution < 1.29 is 13.2 Å². The van der Waals surface area contributed by atoms with Crippen molar-refractivity contribution >= 4 is 16.3 Å². The predicted molar refractivity (Wildman–Crippen MR) is 69.4 cm³/mol. The zero-order valence-corrected chi connectivity index (χ0v) is 10.5. The highest BCUT2D eigenvalue weighted by Gasteiger charge is 2.34. The van der Waals surface area contributed by atoms with E-state index in [-0.39, 0.29) is 0 Å². The Morgan fingerprint density at radius 3 is 2.37 bits per heavy atom. The van der Waals surface area contributed by atoms with Gasteiger partial charge in [0, 0.05) is 11.1 Å². The summed E-state index contributed by atoms with van der Waals surface area (Å²) in [6.07, 6.45) is -4.36. The van der Waals surface area contributed by atoms with Crippen LogP contribution in [0.25, 0.3) is 16.3 Å². The molecule has 0 radical (unpaired) electrons. The Labute approximate surface area is 108 Å². The highest BCUT2D eigenvalue weighted by atomic mass is 19.4. The van der Waals surface area contributed by atoms with Gasteiger partial charge in [-0.1, -0.05) is 24.3 Å². The Hall–Kier alpha value is -1.97. The van der Waals surface area contributed by atoms with Gasteiger partial charge in [0.25, 0.3) is 0 Å². The minimum Gasteiger partial charge on any atom is -0.309 e. The van der Waals surface area contributed by atoms with E-state index in [1.165, 1.54) is 10.5 Å². The van der Waals surface area contributed by atoms with Crippen LogP contribution in [-0.4, -0.2) is 4.40 Å². The van der Waals surface area contributed by atoms with Crippen molar-refractivity contribution in [3.63, 3.8) is 0 Å². The number of fused-ring (bicyclic) bond motifs is 3. The molecule has 3 aromatic rings. The summed E-state index contributed by atoms with van der Waals surface area (Å²) in [6, 6.07) is 10.2. The SMILES string of the molecule is Cc1cc(C)n2c(C(F)(F)F)cc3ccccc3c12. The highest BCUT2D eigenvalue weighted by Crippen LogP contribution is 2.36. The Morgan fingerprint density at radius 1 is 1.00 bits per heavy atom. The second-order valence-electron chi connectivity index (χ2n) is 4.77. The molecule has 0 aliphatic rings. The Kier molecular flexibility index (Phi) is 2.39. The lowest BCUT2D eigenvalue weighted by atomic mass is 10.1. The van der Waals surface area contributed by atoms with Crippen molar-refractivity contribution in [3.8, 4) is 0 Å². The zero-order chi connectivity index (χ0) is 13.8. The maximum Gasteiger partial charge on any atom is 0.431 e. The number of benzene rings is 1. The molecule has 1 aromatic carbocycles. The maximum absolute atomic E-state index is 13.2. The first kappa shape index (κ1) is 12.1. The number of aromatic nitrogens is 1. The summed E-state index contributed by atoms with van der Waals surface area (Å²) in [7, 11) is 0. The summed E-state index contributed by atoms with van der Waals surface area (Å²) in [5.41, 5.74) is 1.49. The van der Waals surface area contributed by atoms with Crippen molar-refractivity contribution in [2.75, 3.05) is 0 Å². The topological polar surface area (TPSA) is 4.41 Å². The van der Waals surface area contributed by atoms with Crippen molar-refractivity contribution in [2.24, 2.45) is 0 Å². The average Bonchev–Trinajstić information content (AvgIpc) is 2.63. The Morgan fingerprint density at radius 2 is 1.68 bits per heavy atom. The standard InChI is InChI=1S/C15H12F3N/c1-9-7-10(2)19-13(15(16,17)18)8-11-5-3-4-6-12(11)14(9)19/h3-8H,1-2H3. The molecule has 0 saturated carbocycles. The number of hydrogen-bond donors (Lipinski definition) is 0. The molecule has 19 heavy (non-hydrogen) atoms. The lowest BCUT2D eigenvalue weighted by Gasteiger charge is -2.14. The number of alkyl halides is 3. The van der Waals surface area contributed by atoms with Crippen LogP contribution >= 0.6 is 0 Å². The van der Waals surface area contributed by atoms with Gasteiger partial charge in [-0.15, -0.1) is 0 Å². The fourth-order valence-electron chi connectivity index (χ4n) is 2.70. The van der Waals surface area contributed by atoms with Crippen LogP contribution in [0.3, 0.4) is 0 Å². The van der Waals surface area contributed by atoms with E-state index >= 15 is 0 Å². The monoisotopic (exact) mass is 263 g/mol. The summed E-state index contributed by atoms with van der Waals surface area (Å²) in [5.74, 6) is 0. The molecule has 3 rings (SSSR count). The molecule has 0 bridgehead atoms. The van der Waals surface area contributed by atoms with E-state index in [1.807, 2.05) is 19.1 Å². The number of hydrogen-bond acceptors (Lipinski definition) is 0. The highest BCUT2D eigenvalue weighted by molar-refractivity contribution is 5.98. The van der Waals surface area contributed by atoms with Crippen LogP contribution in [-0.2, 0) is 6.18 Å². The van der Waals surface area contributed by atoms with Crippen LogP contribution < -0.4 is 0 Å². The van der Waals surface area contributed by atoms with Crippen LogP contribution in [0.4, 0.5) is 13.2 Å². The summed E-state index contributed by atoms with van der Waals surface area (Å²) in [4.78, 5) is 0. The molecular formula is C15H12F3N. The first-order chi connectivity index (χ1) is 8.89. The summed E-state index contributed by atoms with van der Waals surface area (Å²) in [6.45, 7) is 3.54. The summed E-state index contributed by atoms with van der Waals surface area (Å²) in [5, 5.41) is 1.46. The normalized spacial score (nSPS) is 12.5. The number of pyridine rings is 1. The fraction of sp³-hybridized carbons (Fsp3) is 0.200. The first-order valence-electron chi connectivity index (χ1n) is 5.97. The second-order valence-corrected chi connectivity index (χ2v) is 4.77. The van der Waals surface area contributed by atoms with Gasteiger partial charge < -0.3 is 4.40 Å². The molecule has 0 aliphatic heterocycles. The molecule has 0 spiro atoms. The van der Waals surface area contributed by atoms with E-state index < -0.39 is 11.9 Å². The number of aryl methyl sites for hydroxylation is 2. The fourth-order valence-corrected chi connectivity index (χ4v) is 2.70. The van der Waals surface area contributed by atoms with E-state index in [9.17, 15) is 13.2 Å². The van der Waals surface area contributed by atoms with Gasteiger partial charge in [-0.2, -0.15) is 13.2 Å². The van der Waals surface area contributed by atoms with Gasteiger partial charge in [-0.25, -0.2) is 0 Å². The van der Waals surface area contributed by atoms with Gasteiger partial charge in [-0.3, -0.25) is 0 Å². The summed E-state index contributed by atoms with van der Waals surface area (Å²) < 4.78 is 40.9. The molecule has 0 N–H and O–H groups in total. The van der Waals surface area contributed by atoms with E-state index in [1.54, 1.807) is 25.1 Å². The van der Waals surface area contributed by atoms with Gasteiger partial charge in [0.15, 0.2) is 0 Å². The maximum atomic E-state index is 13.2. The van der Waals surface area contributed by atoms with Crippen molar-refractivity contribution in [1.29, 1.82) is 0 Å². The lowest BCUT2D eigenvalue weighted by molar-refractivity contribution is -0.142. The van der Waals surface area contributed by atoms with Crippen LogP contribution in [0, 0.1) is 13.8 Å². The predicted octanol–water partition coefficient (Wildman–Crippen LogP) is 4.73. The largest absolute Gasteiger partial charge is 0.431 e. The summed E-state index contributed by atoms with van der Waals surface area (Å²) >= 11 is 0. The quantitative estimate of drug-likeness (QED) is 0.552. The second kappa shape index (κ2) is 3.76. The molecule has 98 valence electrons.